The molecule has 230 valence electrons. The van der Waals surface area contributed by atoms with Crippen LogP contribution in [-0.2, 0) is 9.84 Å². The van der Waals surface area contributed by atoms with Crippen molar-refractivity contribution in [2.24, 2.45) is 0 Å². The first-order valence-electron chi connectivity index (χ1n) is 14.9. The number of piperidine rings is 1. The summed E-state index contributed by atoms with van der Waals surface area (Å²) in [5.74, 6) is 1.89. The van der Waals surface area contributed by atoms with Crippen molar-refractivity contribution < 1.29 is 18.3 Å². The zero-order valence-electron chi connectivity index (χ0n) is 25.5. The van der Waals surface area contributed by atoms with E-state index < -0.39 is 15.1 Å². The molecule has 1 aliphatic rings. The van der Waals surface area contributed by atoms with Crippen LogP contribution < -0.4 is 15.4 Å². The second-order valence-electron chi connectivity index (χ2n) is 11.7. The average molecular weight is 607 g/mol. The third-order valence-electron chi connectivity index (χ3n) is 7.82. The minimum absolute atomic E-state index is 0.0446. The first-order chi connectivity index (χ1) is 20.6. The van der Waals surface area contributed by atoms with Crippen LogP contribution in [0.2, 0.25) is 0 Å². The van der Waals surface area contributed by atoms with E-state index in [4.69, 9.17) is 14.7 Å². The molecule has 1 unspecified atom stereocenters. The maximum Gasteiger partial charge on any atom is 0.231 e. The van der Waals surface area contributed by atoms with Crippen molar-refractivity contribution >= 4 is 44.0 Å². The lowest BCUT2D eigenvalue weighted by Crippen LogP contribution is -2.36. The molecule has 0 bridgehead atoms. The van der Waals surface area contributed by atoms with Crippen molar-refractivity contribution in [1.29, 1.82) is 0 Å². The van der Waals surface area contributed by atoms with Crippen molar-refractivity contribution in [2.75, 3.05) is 36.9 Å². The van der Waals surface area contributed by atoms with Crippen LogP contribution in [0.25, 0.3) is 11.0 Å². The number of ether oxygens (including phenoxy) is 1. The highest BCUT2D eigenvalue weighted by molar-refractivity contribution is 7.92. The number of anilines is 4. The van der Waals surface area contributed by atoms with E-state index in [0.717, 1.165) is 42.6 Å². The van der Waals surface area contributed by atoms with Crippen molar-refractivity contribution in [3.05, 3.63) is 59.8 Å². The number of aryl methyl sites for hydroxylation is 1. The smallest absolute Gasteiger partial charge is 0.231 e. The van der Waals surface area contributed by atoms with Gasteiger partial charge in [-0.05, 0) is 101 Å². The summed E-state index contributed by atoms with van der Waals surface area (Å²) in [6.07, 6.45) is 3.91. The molecule has 0 amide bonds. The predicted octanol–water partition coefficient (Wildman–Crippen LogP) is 5.89. The number of aromatic nitrogens is 3. The Kier molecular flexibility index (Phi) is 9.24. The summed E-state index contributed by atoms with van der Waals surface area (Å²) in [6.45, 7) is 12.2. The standard InChI is InChI=1S/C32H42N6O4S/c1-20(2)42-28-18-25(23-9-8-14-38(19-23)15-16-39)22(5)17-27(28)35-32-36-30-24(12-13-33-30)31(37-32)34-26-10-6-7-11-29(26)43(40,41)21(3)4/h6-7,10-13,17-18,20-21,23,39H,8-9,14-16,19H2,1-5H3,(H3,33,34,35,36,37). The number of hydrogen-bond donors (Lipinski definition) is 4. The molecule has 0 spiro atoms. The fraction of sp³-hybridized carbons (Fsp3) is 0.438. The number of aliphatic hydroxyl groups excluding tert-OH is 1. The summed E-state index contributed by atoms with van der Waals surface area (Å²) >= 11 is 0. The highest BCUT2D eigenvalue weighted by Crippen LogP contribution is 2.38. The third kappa shape index (κ3) is 6.79. The van der Waals surface area contributed by atoms with Gasteiger partial charge in [-0.3, -0.25) is 0 Å². The van der Waals surface area contributed by atoms with E-state index in [0.29, 0.717) is 41.3 Å². The number of sulfone groups is 1. The van der Waals surface area contributed by atoms with Gasteiger partial charge in [-0.15, -0.1) is 0 Å². The SMILES string of the molecule is Cc1cc(Nc2nc(Nc3ccccc3S(=O)(=O)C(C)C)c3cc[nH]c3n2)c(OC(C)C)cc1C1CCCN(CCO)C1. The van der Waals surface area contributed by atoms with E-state index in [1.54, 1.807) is 44.3 Å². The van der Waals surface area contributed by atoms with Gasteiger partial charge in [0.2, 0.25) is 5.95 Å². The maximum absolute atomic E-state index is 13.1. The van der Waals surface area contributed by atoms with Crippen LogP contribution in [0.4, 0.5) is 23.1 Å². The lowest BCUT2D eigenvalue weighted by molar-refractivity contribution is 0.161. The molecular formula is C32H42N6O4S. The van der Waals surface area contributed by atoms with E-state index in [1.165, 1.54) is 5.56 Å². The van der Waals surface area contributed by atoms with E-state index in [2.05, 4.69) is 39.6 Å². The van der Waals surface area contributed by atoms with Gasteiger partial charge in [0, 0.05) is 19.3 Å². The van der Waals surface area contributed by atoms with E-state index in [-0.39, 0.29) is 17.6 Å². The van der Waals surface area contributed by atoms with Crippen LogP contribution in [0.15, 0.2) is 53.6 Å². The van der Waals surface area contributed by atoms with Crippen LogP contribution in [0.3, 0.4) is 0 Å². The van der Waals surface area contributed by atoms with Gasteiger partial charge in [0.25, 0.3) is 0 Å². The molecule has 1 atom stereocenters. The monoisotopic (exact) mass is 606 g/mol. The molecule has 43 heavy (non-hydrogen) atoms. The van der Waals surface area contributed by atoms with Gasteiger partial charge in [0.05, 0.1) is 39.6 Å². The lowest BCUT2D eigenvalue weighted by atomic mass is 9.87. The zero-order chi connectivity index (χ0) is 30.7. The van der Waals surface area contributed by atoms with Crippen LogP contribution in [0.5, 0.6) is 5.75 Å². The van der Waals surface area contributed by atoms with Gasteiger partial charge in [0.1, 0.15) is 17.2 Å². The molecule has 4 aromatic rings. The Morgan fingerprint density at radius 3 is 2.63 bits per heavy atom. The number of benzene rings is 2. The third-order valence-corrected chi connectivity index (χ3v) is 10.0. The summed E-state index contributed by atoms with van der Waals surface area (Å²) in [6, 6.07) is 12.9. The first kappa shape index (κ1) is 30.8. The average Bonchev–Trinajstić information content (AvgIpc) is 3.44. The maximum atomic E-state index is 13.1. The largest absolute Gasteiger partial charge is 0.489 e. The summed E-state index contributed by atoms with van der Waals surface area (Å²) in [7, 11) is -3.53. The molecule has 0 radical (unpaired) electrons. The molecule has 1 aliphatic heterocycles. The summed E-state index contributed by atoms with van der Waals surface area (Å²) in [5.41, 5.74) is 4.19. The fourth-order valence-electron chi connectivity index (χ4n) is 5.66. The molecule has 0 aliphatic carbocycles. The molecule has 2 aromatic carbocycles. The quantitative estimate of drug-likeness (QED) is 0.165. The molecule has 11 heteroatoms. The number of β-amino-alcohol motifs (C(OH)–C–C–N with tert-alkyl or cyclic N) is 1. The predicted molar refractivity (Wildman–Crippen MR) is 172 cm³/mol. The number of para-hydroxylation sites is 1. The number of aromatic amines is 1. The van der Waals surface area contributed by atoms with Crippen LogP contribution in [0.1, 0.15) is 57.6 Å². The Balaban J connectivity index is 1.50. The highest BCUT2D eigenvalue weighted by Gasteiger charge is 2.25. The summed E-state index contributed by atoms with van der Waals surface area (Å²) in [4.78, 5) is 15.2. The van der Waals surface area contributed by atoms with Crippen molar-refractivity contribution in [2.45, 2.75) is 69.6 Å². The second kappa shape index (κ2) is 12.9. The van der Waals surface area contributed by atoms with Crippen molar-refractivity contribution in [1.82, 2.24) is 19.9 Å². The first-order valence-corrected chi connectivity index (χ1v) is 16.5. The molecule has 1 saturated heterocycles. The minimum atomic E-state index is -3.53. The Hall–Kier alpha value is -3.67. The number of H-pyrrole nitrogens is 1. The van der Waals surface area contributed by atoms with E-state index in [9.17, 15) is 13.5 Å². The topological polar surface area (TPSA) is 132 Å². The number of aliphatic hydroxyl groups is 1. The highest BCUT2D eigenvalue weighted by atomic mass is 32.2. The number of nitrogens with one attached hydrogen (secondary N) is 3. The lowest BCUT2D eigenvalue weighted by Gasteiger charge is -2.33. The molecule has 4 N–H and O–H groups in total. The van der Waals surface area contributed by atoms with Gasteiger partial charge >= 0.3 is 0 Å². The van der Waals surface area contributed by atoms with Crippen LogP contribution >= 0.6 is 0 Å². The van der Waals surface area contributed by atoms with Gasteiger partial charge in [-0.1, -0.05) is 12.1 Å². The minimum Gasteiger partial charge on any atom is -0.489 e. The molecule has 5 rings (SSSR count). The number of fused-ring (bicyclic) bond motifs is 1. The van der Waals surface area contributed by atoms with Gasteiger partial charge in [-0.25, -0.2) is 8.42 Å². The molecule has 1 fully saturated rings. The molecule has 0 saturated carbocycles. The second-order valence-corrected chi connectivity index (χ2v) is 14.2. The van der Waals surface area contributed by atoms with Gasteiger partial charge in [-0.2, -0.15) is 9.97 Å². The fourth-order valence-corrected chi connectivity index (χ4v) is 6.86. The van der Waals surface area contributed by atoms with Gasteiger partial charge < -0.3 is 30.4 Å². The number of rotatable bonds is 11. The molecule has 10 nitrogen and oxygen atoms in total. The number of hydrogen-bond acceptors (Lipinski definition) is 9. The Labute approximate surface area is 253 Å². The number of likely N-dealkylation sites (tertiary alicyclic amines) is 1. The van der Waals surface area contributed by atoms with Crippen LogP contribution in [0, 0.1) is 6.92 Å². The Morgan fingerprint density at radius 1 is 1.09 bits per heavy atom. The van der Waals surface area contributed by atoms with Crippen molar-refractivity contribution in [3.8, 4) is 5.75 Å². The summed E-state index contributed by atoms with van der Waals surface area (Å²) in [5, 5.41) is 16.3. The number of nitrogens with zero attached hydrogens (tertiary/aromatic N) is 3. The zero-order valence-corrected chi connectivity index (χ0v) is 26.3. The van der Waals surface area contributed by atoms with E-state index in [1.807, 2.05) is 19.9 Å². The molecule has 2 aromatic heterocycles. The molecule has 3 heterocycles. The summed E-state index contributed by atoms with van der Waals surface area (Å²) < 4.78 is 32.5. The molecular weight excluding hydrogens is 564 g/mol. The normalized spacial score (nSPS) is 16.2. The van der Waals surface area contributed by atoms with E-state index >= 15 is 0 Å². The van der Waals surface area contributed by atoms with Crippen LogP contribution in [-0.4, -0.2) is 71.0 Å². The Morgan fingerprint density at radius 2 is 1.88 bits per heavy atom. The van der Waals surface area contributed by atoms with Gasteiger partial charge in [0.15, 0.2) is 9.84 Å². The Bertz CT molecular complexity index is 1680. The van der Waals surface area contributed by atoms with Crippen molar-refractivity contribution in [3.63, 3.8) is 0 Å².